The predicted molar refractivity (Wildman–Crippen MR) is 231 cm³/mol. The Morgan fingerprint density at radius 1 is 0.273 bits per heavy atom. The Morgan fingerprint density at radius 2 is 0.727 bits per heavy atom. The van der Waals surface area contributed by atoms with Crippen molar-refractivity contribution in [1.29, 1.82) is 0 Å². The molecule has 0 N–H and O–H groups in total. The molecule has 55 heavy (non-hydrogen) atoms. The summed E-state index contributed by atoms with van der Waals surface area (Å²) < 4.78 is 6.60. The van der Waals surface area contributed by atoms with Crippen LogP contribution in [0.25, 0.3) is 104 Å². The van der Waals surface area contributed by atoms with Gasteiger partial charge in [-0.3, -0.25) is 9.36 Å². The highest BCUT2D eigenvalue weighted by Gasteiger charge is 2.24. The molecule has 4 nitrogen and oxygen atoms in total. The molecule has 3 aromatic heterocycles. The van der Waals surface area contributed by atoms with Crippen molar-refractivity contribution in [2.75, 3.05) is 0 Å². The van der Waals surface area contributed by atoms with Crippen LogP contribution in [0.2, 0.25) is 0 Å². The maximum absolute atomic E-state index is 15.1. The molecular weight excluding hydrogens is 671 g/mol. The molecule has 0 aliphatic carbocycles. The van der Waals surface area contributed by atoms with Crippen LogP contribution < -0.4 is 5.56 Å². The number of para-hydroxylation sites is 4. The van der Waals surface area contributed by atoms with Gasteiger partial charge in [-0.25, -0.2) is 0 Å². The zero-order valence-electron chi connectivity index (χ0n) is 29.6. The predicted octanol–water partition coefficient (Wildman–Crippen LogP) is 12.6. The van der Waals surface area contributed by atoms with Crippen LogP contribution in [0, 0.1) is 0 Å². The molecule has 0 bridgehead atoms. The van der Waals surface area contributed by atoms with E-state index in [1.165, 1.54) is 32.3 Å². The fourth-order valence-corrected chi connectivity index (χ4v) is 9.30. The second-order valence-electron chi connectivity index (χ2n) is 14.4. The second kappa shape index (κ2) is 11.3. The van der Waals surface area contributed by atoms with Crippen molar-refractivity contribution in [3.63, 3.8) is 0 Å². The maximum Gasteiger partial charge on any atom is 0.265 e. The van der Waals surface area contributed by atoms with E-state index in [1.54, 1.807) is 0 Å². The van der Waals surface area contributed by atoms with Crippen molar-refractivity contribution in [3.8, 4) is 17.1 Å². The van der Waals surface area contributed by atoms with Crippen LogP contribution >= 0.6 is 0 Å². The number of aromatic nitrogens is 3. The first kappa shape index (κ1) is 30.1. The smallest absolute Gasteiger partial charge is 0.265 e. The Kier molecular flexibility index (Phi) is 6.17. The van der Waals surface area contributed by atoms with Crippen LogP contribution in [0.5, 0.6) is 0 Å². The molecule has 0 aliphatic heterocycles. The van der Waals surface area contributed by atoms with Crippen LogP contribution in [0.3, 0.4) is 0 Å². The number of nitrogens with zero attached hydrogens (tertiary/aromatic N) is 3. The zero-order valence-corrected chi connectivity index (χ0v) is 29.6. The first-order chi connectivity index (χ1) is 27.2. The molecule has 0 saturated carbocycles. The van der Waals surface area contributed by atoms with Crippen LogP contribution in [0.15, 0.2) is 193 Å². The lowest BCUT2D eigenvalue weighted by molar-refractivity contribution is 1.06. The molecule has 256 valence electrons. The van der Waals surface area contributed by atoms with Gasteiger partial charge in [0.05, 0.1) is 33.0 Å². The van der Waals surface area contributed by atoms with Gasteiger partial charge in [0.1, 0.15) is 0 Å². The minimum absolute atomic E-state index is 0.0312. The van der Waals surface area contributed by atoms with E-state index in [1.807, 2.05) is 47.0 Å². The minimum Gasteiger partial charge on any atom is -0.309 e. The fraction of sp³-hybridized carbons (Fsp3) is 0. The third-order valence-corrected chi connectivity index (χ3v) is 11.6. The molecule has 4 heteroatoms. The van der Waals surface area contributed by atoms with Gasteiger partial charge in [0.25, 0.3) is 5.56 Å². The lowest BCUT2D eigenvalue weighted by atomic mass is 9.94. The number of hydrogen-bond donors (Lipinski definition) is 0. The summed E-state index contributed by atoms with van der Waals surface area (Å²) in [6.07, 6.45) is 0. The van der Waals surface area contributed by atoms with Crippen molar-refractivity contribution in [2.24, 2.45) is 0 Å². The summed E-state index contributed by atoms with van der Waals surface area (Å²) in [5.41, 5.74) is 7.90. The van der Waals surface area contributed by atoms with E-state index in [-0.39, 0.29) is 5.56 Å². The van der Waals surface area contributed by atoms with E-state index in [2.05, 4.69) is 155 Å². The van der Waals surface area contributed by atoms with Crippen LogP contribution in [0.4, 0.5) is 0 Å². The van der Waals surface area contributed by atoms with Crippen molar-refractivity contribution >= 4 is 86.8 Å². The Bertz CT molecular complexity index is 3570. The topological polar surface area (TPSA) is 31.9 Å². The molecule has 0 fully saturated rings. The van der Waals surface area contributed by atoms with Crippen LogP contribution in [0.1, 0.15) is 0 Å². The molecule has 0 amide bonds. The second-order valence-corrected chi connectivity index (χ2v) is 14.4. The van der Waals surface area contributed by atoms with Gasteiger partial charge in [0.2, 0.25) is 0 Å². The monoisotopic (exact) mass is 701 g/mol. The number of rotatable bonds is 3. The number of pyridine rings is 1. The molecule has 0 unspecified atom stereocenters. The average Bonchev–Trinajstić information content (AvgIpc) is 3.77. The number of hydrogen-bond acceptors (Lipinski definition) is 1. The van der Waals surface area contributed by atoms with Gasteiger partial charge in [-0.05, 0) is 93.0 Å². The Hall–Kier alpha value is -7.43. The molecule has 0 radical (unpaired) electrons. The molecule has 9 aromatic carbocycles. The third kappa shape index (κ3) is 4.14. The zero-order chi connectivity index (χ0) is 36.2. The molecule has 12 rings (SSSR count). The molecule has 0 atom stereocenters. The Labute approximate surface area is 314 Å². The molecule has 3 heterocycles. The van der Waals surface area contributed by atoms with E-state index in [4.69, 9.17) is 0 Å². The van der Waals surface area contributed by atoms with Crippen molar-refractivity contribution in [3.05, 3.63) is 198 Å². The average molecular weight is 702 g/mol. The first-order valence-electron chi connectivity index (χ1n) is 18.7. The Morgan fingerprint density at radius 3 is 1.36 bits per heavy atom. The molecular formula is C51H31N3O. The van der Waals surface area contributed by atoms with Gasteiger partial charge in [0, 0.05) is 38.6 Å². The van der Waals surface area contributed by atoms with Gasteiger partial charge in [-0.15, -0.1) is 0 Å². The summed E-state index contributed by atoms with van der Waals surface area (Å²) in [5, 5.41) is 12.4. The van der Waals surface area contributed by atoms with Gasteiger partial charge < -0.3 is 9.13 Å². The minimum atomic E-state index is -0.0312. The third-order valence-electron chi connectivity index (χ3n) is 11.6. The first-order valence-corrected chi connectivity index (χ1v) is 18.7. The van der Waals surface area contributed by atoms with E-state index >= 15 is 4.79 Å². The summed E-state index contributed by atoms with van der Waals surface area (Å²) in [7, 11) is 0. The van der Waals surface area contributed by atoms with E-state index in [0.717, 1.165) is 66.2 Å². The normalized spacial score (nSPS) is 12.1. The fourth-order valence-electron chi connectivity index (χ4n) is 9.30. The van der Waals surface area contributed by atoms with Gasteiger partial charge in [-0.2, -0.15) is 0 Å². The lowest BCUT2D eigenvalue weighted by Gasteiger charge is -2.16. The lowest BCUT2D eigenvalue weighted by Crippen LogP contribution is -2.19. The summed E-state index contributed by atoms with van der Waals surface area (Å²) >= 11 is 0. The maximum atomic E-state index is 15.1. The molecule has 0 aliphatic rings. The van der Waals surface area contributed by atoms with Crippen molar-refractivity contribution in [1.82, 2.24) is 13.7 Å². The van der Waals surface area contributed by atoms with Crippen LogP contribution in [-0.4, -0.2) is 13.7 Å². The van der Waals surface area contributed by atoms with Gasteiger partial charge in [-0.1, -0.05) is 127 Å². The standard InChI is InChI=1S/C51H31N3O/c55-51-49-41-24-12-14-26-46(41)53(32-15-3-1-4-16-32)50(49)44-31-47-43(30-48(44)54(51)33-17-5-2-6-18-33)40-23-11-13-25-45(40)52(47)34-27-28-39-37-21-8-7-19-35(37)36-20-9-10-22-38(36)42(39)29-34/h1-31H. The summed E-state index contributed by atoms with van der Waals surface area (Å²) in [4.78, 5) is 15.1. The Balaban J connectivity index is 1.28. The highest BCUT2D eigenvalue weighted by Crippen LogP contribution is 2.42. The molecule has 12 aromatic rings. The molecule has 0 saturated heterocycles. The molecule has 0 spiro atoms. The van der Waals surface area contributed by atoms with E-state index in [9.17, 15) is 0 Å². The van der Waals surface area contributed by atoms with E-state index in [0.29, 0.717) is 5.39 Å². The number of benzene rings is 9. The SMILES string of the molecule is O=c1c2c3ccccc3n(-c3ccccc3)c2c2cc3c(cc2n1-c1ccccc1)c1ccccc1n3-c1ccc2c3ccccc3c3ccccc3c2c1. The largest absolute Gasteiger partial charge is 0.309 e. The highest BCUT2D eigenvalue weighted by molar-refractivity contribution is 6.26. The summed E-state index contributed by atoms with van der Waals surface area (Å²) in [6, 6.07) is 66.4. The summed E-state index contributed by atoms with van der Waals surface area (Å²) in [5.74, 6) is 0. The van der Waals surface area contributed by atoms with Gasteiger partial charge in [0.15, 0.2) is 0 Å². The summed E-state index contributed by atoms with van der Waals surface area (Å²) in [6.45, 7) is 0. The van der Waals surface area contributed by atoms with E-state index < -0.39 is 0 Å². The number of fused-ring (bicyclic) bond motifs is 14. The van der Waals surface area contributed by atoms with Crippen molar-refractivity contribution in [2.45, 2.75) is 0 Å². The quantitative estimate of drug-likeness (QED) is 0.169. The van der Waals surface area contributed by atoms with Gasteiger partial charge >= 0.3 is 0 Å². The van der Waals surface area contributed by atoms with Crippen LogP contribution in [-0.2, 0) is 0 Å². The van der Waals surface area contributed by atoms with Crippen molar-refractivity contribution < 1.29 is 0 Å². The highest BCUT2D eigenvalue weighted by atomic mass is 16.1.